The summed E-state index contributed by atoms with van der Waals surface area (Å²) in [4.78, 5) is 17.2. The van der Waals surface area contributed by atoms with Crippen molar-refractivity contribution in [1.29, 1.82) is 0 Å². The molecule has 5 nitrogen and oxygen atoms in total. The van der Waals surface area contributed by atoms with Gasteiger partial charge in [-0.1, -0.05) is 23.8 Å². The lowest BCUT2D eigenvalue weighted by molar-refractivity contribution is 0.102. The highest BCUT2D eigenvalue weighted by molar-refractivity contribution is 6.04. The summed E-state index contributed by atoms with van der Waals surface area (Å²) in [5.74, 6) is -0.316. The summed E-state index contributed by atoms with van der Waals surface area (Å²) in [6.45, 7) is 1.93. The van der Waals surface area contributed by atoms with Crippen molar-refractivity contribution in [2.45, 2.75) is 6.92 Å². The molecule has 0 radical (unpaired) electrons. The number of hydrogen-bond acceptors (Lipinski definition) is 3. The van der Waals surface area contributed by atoms with E-state index in [-0.39, 0.29) is 11.7 Å². The van der Waals surface area contributed by atoms with E-state index in [1.807, 2.05) is 61.0 Å². The Kier molecular flexibility index (Phi) is 4.53. The quantitative estimate of drug-likeness (QED) is 0.541. The summed E-state index contributed by atoms with van der Waals surface area (Å²) in [6, 6.07) is 19.4. The molecule has 0 atom stereocenters. The van der Waals surface area contributed by atoms with Gasteiger partial charge in [0.25, 0.3) is 5.91 Å². The number of carbonyl (C=O) groups excluding carboxylic acids is 1. The summed E-state index contributed by atoms with van der Waals surface area (Å²) in [7, 11) is 1.83. The van der Waals surface area contributed by atoms with Gasteiger partial charge in [0.15, 0.2) is 0 Å². The Morgan fingerprint density at radius 1 is 1.04 bits per heavy atom. The van der Waals surface area contributed by atoms with E-state index in [2.05, 4.69) is 15.6 Å². The van der Waals surface area contributed by atoms with E-state index in [9.17, 15) is 9.18 Å². The molecular formula is C22H19FN4O. The maximum Gasteiger partial charge on any atom is 0.257 e. The minimum atomic E-state index is -0.377. The largest absolute Gasteiger partial charge is 0.388 e. The van der Waals surface area contributed by atoms with E-state index >= 15 is 0 Å². The fourth-order valence-corrected chi connectivity index (χ4v) is 3.16. The van der Waals surface area contributed by atoms with Crippen LogP contribution in [0.2, 0.25) is 0 Å². The predicted molar refractivity (Wildman–Crippen MR) is 110 cm³/mol. The Bertz CT molecular complexity index is 1180. The van der Waals surface area contributed by atoms with Gasteiger partial charge in [-0.2, -0.15) is 0 Å². The van der Waals surface area contributed by atoms with Crippen LogP contribution in [0.5, 0.6) is 0 Å². The molecule has 0 bridgehead atoms. The molecule has 0 saturated carbocycles. The molecule has 28 heavy (non-hydrogen) atoms. The molecule has 0 unspecified atom stereocenters. The lowest BCUT2D eigenvalue weighted by Crippen LogP contribution is -2.15. The molecule has 0 aliphatic heterocycles. The third kappa shape index (κ3) is 3.32. The molecule has 0 saturated heterocycles. The van der Waals surface area contributed by atoms with Gasteiger partial charge in [0.05, 0.1) is 16.7 Å². The highest BCUT2D eigenvalue weighted by Gasteiger charge is 2.16. The number of hydrogen-bond donors (Lipinski definition) is 2. The molecule has 1 heterocycles. The SMILES string of the molecule is CNc1cccc(-n2c(NC(=O)c3cccc(C)c3)nc3cc(F)ccc32)c1. The fourth-order valence-electron chi connectivity index (χ4n) is 3.16. The highest BCUT2D eigenvalue weighted by Crippen LogP contribution is 2.27. The van der Waals surface area contributed by atoms with Crippen molar-refractivity contribution in [3.05, 3.63) is 83.7 Å². The number of anilines is 2. The molecule has 0 aliphatic carbocycles. The Morgan fingerprint density at radius 2 is 1.86 bits per heavy atom. The van der Waals surface area contributed by atoms with Crippen LogP contribution in [0.25, 0.3) is 16.7 Å². The van der Waals surface area contributed by atoms with Crippen LogP contribution in [0.15, 0.2) is 66.7 Å². The normalized spacial score (nSPS) is 10.8. The van der Waals surface area contributed by atoms with Crippen molar-refractivity contribution in [3.63, 3.8) is 0 Å². The zero-order chi connectivity index (χ0) is 19.7. The Hall–Kier alpha value is -3.67. The maximum atomic E-state index is 13.7. The van der Waals surface area contributed by atoms with Crippen LogP contribution in [-0.4, -0.2) is 22.5 Å². The van der Waals surface area contributed by atoms with Gasteiger partial charge in [0.2, 0.25) is 5.95 Å². The van der Waals surface area contributed by atoms with Gasteiger partial charge in [-0.3, -0.25) is 14.7 Å². The minimum absolute atomic E-state index is 0.273. The first-order valence-electron chi connectivity index (χ1n) is 8.89. The summed E-state index contributed by atoms with van der Waals surface area (Å²) in [5, 5.41) is 5.97. The fraction of sp³-hybridized carbons (Fsp3) is 0.0909. The van der Waals surface area contributed by atoms with Crippen molar-refractivity contribution in [3.8, 4) is 5.69 Å². The second-order valence-corrected chi connectivity index (χ2v) is 6.53. The van der Waals surface area contributed by atoms with Crippen molar-refractivity contribution in [2.75, 3.05) is 17.7 Å². The number of nitrogens with zero attached hydrogens (tertiary/aromatic N) is 2. The molecule has 2 N–H and O–H groups in total. The molecule has 0 spiro atoms. The van der Waals surface area contributed by atoms with Crippen LogP contribution in [0, 0.1) is 12.7 Å². The van der Waals surface area contributed by atoms with E-state index in [0.29, 0.717) is 22.5 Å². The van der Waals surface area contributed by atoms with Crippen molar-refractivity contribution in [1.82, 2.24) is 9.55 Å². The van der Waals surface area contributed by atoms with Crippen LogP contribution in [0.3, 0.4) is 0 Å². The summed E-state index contributed by atoms with van der Waals surface area (Å²) in [5.41, 5.74) is 4.42. The molecule has 3 aromatic carbocycles. The predicted octanol–water partition coefficient (Wildman–Crippen LogP) is 4.77. The van der Waals surface area contributed by atoms with E-state index in [1.54, 1.807) is 12.1 Å². The van der Waals surface area contributed by atoms with E-state index in [0.717, 1.165) is 16.9 Å². The minimum Gasteiger partial charge on any atom is -0.388 e. The lowest BCUT2D eigenvalue weighted by Gasteiger charge is -2.12. The number of rotatable bonds is 4. The average molecular weight is 374 g/mol. The number of amides is 1. The Labute approximate surface area is 161 Å². The number of imidazole rings is 1. The number of carbonyl (C=O) groups is 1. The van der Waals surface area contributed by atoms with Crippen LogP contribution in [-0.2, 0) is 0 Å². The highest BCUT2D eigenvalue weighted by atomic mass is 19.1. The summed E-state index contributed by atoms with van der Waals surface area (Å²) >= 11 is 0. The second kappa shape index (κ2) is 7.15. The third-order valence-electron chi connectivity index (χ3n) is 4.52. The van der Waals surface area contributed by atoms with Crippen LogP contribution in [0.4, 0.5) is 16.0 Å². The molecule has 4 rings (SSSR count). The zero-order valence-electron chi connectivity index (χ0n) is 15.5. The van der Waals surface area contributed by atoms with Crippen LogP contribution < -0.4 is 10.6 Å². The number of aryl methyl sites for hydroxylation is 1. The van der Waals surface area contributed by atoms with Crippen molar-refractivity contribution >= 4 is 28.6 Å². The van der Waals surface area contributed by atoms with Gasteiger partial charge in [0, 0.05) is 24.4 Å². The number of fused-ring (bicyclic) bond motifs is 1. The molecule has 0 fully saturated rings. The second-order valence-electron chi connectivity index (χ2n) is 6.53. The van der Waals surface area contributed by atoms with Gasteiger partial charge in [-0.15, -0.1) is 0 Å². The first-order chi connectivity index (χ1) is 13.5. The first kappa shape index (κ1) is 17.7. The summed E-state index contributed by atoms with van der Waals surface area (Å²) in [6.07, 6.45) is 0. The smallest absolute Gasteiger partial charge is 0.257 e. The van der Waals surface area contributed by atoms with E-state index in [4.69, 9.17) is 0 Å². The lowest BCUT2D eigenvalue weighted by atomic mass is 10.1. The van der Waals surface area contributed by atoms with Crippen LogP contribution in [0.1, 0.15) is 15.9 Å². The Morgan fingerprint density at radius 3 is 2.64 bits per heavy atom. The number of benzene rings is 3. The zero-order valence-corrected chi connectivity index (χ0v) is 15.5. The molecule has 140 valence electrons. The Balaban J connectivity index is 1.84. The molecule has 1 aromatic heterocycles. The molecule has 4 aromatic rings. The maximum absolute atomic E-state index is 13.7. The van der Waals surface area contributed by atoms with Crippen molar-refractivity contribution in [2.24, 2.45) is 0 Å². The standard InChI is InChI=1S/C22H19FN4O/c1-14-5-3-6-15(11-14)21(28)26-22-25-19-12-16(23)9-10-20(19)27(22)18-8-4-7-17(13-18)24-2/h3-13,24H,1-2H3,(H,25,26,28). The third-order valence-corrected chi connectivity index (χ3v) is 4.52. The molecule has 0 aliphatic rings. The van der Waals surface area contributed by atoms with Gasteiger partial charge in [0.1, 0.15) is 5.82 Å². The first-order valence-corrected chi connectivity index (χ1v) is 8.89. The van der Waals surface area contributed by atoms with Gasteiger partial charge in [-0.25, -0.2) is 9.37 Å². The van der Waals surface area contributed by atoms with E-state index in [1.165, 1.54) is 12.1 Å². The topological polar surface area (TPSA) is 59.0 Å². The van der Waals surface area contributed by atoms with Gasteiger partial charge < -0.3 is 5.32 Å². The van der Waals surface area contributed by atoms with Crippen LogP contribution >= 0.6 is 0 Å². The number of aromatic nitrogens is 2. The molecular weight excluding hydrogens is 355 g/mol. The molecule has 1 amide bonds. The van der Waals surface area contributed by atoms with E-state index < -0.39 is 0 Å². The number of nitrogens with one attached hydrogen (secondary N) is 2. The number of halogens is 1. The summed E-state index contributed by atoms with van der Waals surface area (Å²) < 4.78 is 15.5. The average Bonchev–Trinajstić information content (AvgIpc) is 3.04. The monoisotopic (exact) mass is 374 g/mol. The van der Waals surface area contributed by atoms with Gasteiger partial charge >= 0.3 is 0 Å². The van der Waals surface area contributed by atoms with Crippen molar-refractivity contribution < 1.29 is 9.18 Å². The molecule has 6 heteroatoms. The van der Waals surface area contributed by atoms with Gasteiger partial charge in [-0.05, 0) is 49.4 Å².